The number of amides is 4. The SMILES string of the molecule is CC1CCN(C(=O)C(Cn2cnc(NC(=O)C(CNC(=O)C(C)(C)NC(=O)OC(C)(C)C)Cc3c[nH]c4ccccc34)c2)c2ccc3ccccc3c2)CC1. The van der Waals surface area contributed by atoms with Gasteiger partial charge < -0.3 is 35.1 Å². The smallest absolute Gasteiger partial charge is 0.408 e. The number of piperidine rings is 1. The van der Waals surface area contributed by atoms with Crippen molar-refractivity contribution in [1.29, 1.82) is 0 Å². The second-order valence-corrected chi connectivity index (χ2v) is 16.3. The zero-order valence-electron chi connectivity index (χ0n) is 32.6. The minimum atomic E-state index is -1.31. The number of para-hydroxylation sites is 1. The molecule has 5 aromatic rings. The van der Waals surface area contributed by atoms with Crippen molar-refractivity contribution in [3.63, 3.8) is 0 Å². The number of alkyl carbamates (subject to hydrolysis) is 1. The van der Waals surface area contributed by atoms with E-state index < -0.39 is 35.0 Å². The van der Waals surface area contributed by atoms with E-state index in [4.69, 9.17) is 4.74 Å². The fraction of sp³-hybridized carbons (Fsp3) is 0.419. The number of carbonyl (C=O) groups is 4. The molecule has 0 aliphatic carbocycles. The van der Waals surface area contributed by atoms with Crippen molar-refractivity contribution in [2.45, 2.75) is 84.4 Å². The summed E-state index contributed by atoms with van der Waals surface area (Å²) < 4.78 is 7.20. The Hall–Kier alpha value is -5.65. The number of hydrogen-bond donors (Lipinski definition) is 4. The lowest BCUT2D eigenvalue weighted by Gasteiger charge is -2.33. The van der Waals surface area contributed by atoms with E-state index >= 15 is 0 Å². The van der Waals surface area contributed by atoms with Gasteiger partial charge >= 0.3 is 6.09 Å². The Bertz CT molecular complexity index is 2150. The normalized spacial score (nSPS) is 15.1. The predicted octanol–water partition coefficient (Wildman–Crippen LogP) is 6.78. The number of fused-ring (bicyclic) bond motifs is 2. The van der Waals surface area contributed by atoms with E-state index in [9.17, 15) is 19.2 Å². The highest BCUT2D eigenvalue weighted by atomic mass is 16.6. The zero-order chi connectivity index (χ0) is 39.3. The van der Waals surface area contributed by atoms with Crippen molar-refractivity contribution >= 4 is 51.3 Å². The molecule has 6 rings (SSSR count). The Morgan fingerprint density at radius 3 is 2.40 bits per heavy atom. The molecule has 1 aliphatic rings. The molecule has 1 saturated heterocycles. The van der Waals surface area contributed by atoms with Gasteiger partial charge in [0.2, 0.25) is 17.7 Å². The second-order valence-electron chi connectivity index (χ2n) is 16.3. The molecule has 3 aromatic carbocycles. The molecule has 0 bridgehead atoms. The highest BCUT2D eigenvalue weighted by molar-refractivity contribution is 5.94. The lowest BCUT2D eigenvalue weighted by Crippen LogP contribution is -2.56. The maximum absolute atomic E-state index is 14.1. The summed E-state index contributed by atoms with van der Waals surface area (Å²) >= 11 is 0. The molecule has 12 nitrogen and oxygen atoms in total. The summed E-state index contributed by atoms with van der Waals surface area (Å²) in [4.78, 5) is 63.8. The number of likely N-dealkylation sites (tertiary alicyclic amines) is 1. The van der Waals surface area contributed by atoms with Gasteiger partial charge in [0.25, 0.3) is 0 Å². The summed E-state index contributed by atoms with van der Waals surface area (Å²) in [6, 6.07) is 22.1. The third kappa shape index (κ3) is 9.92. The third-order valence-corrected chi connectivity index (χ3v) is 10.2. The van der Waals surface area contributed by atoms with Crippen LogP contribution in [0.1, 0.15) is 71.4 Å². The molecule has 1 aliphatic heterocycles. The van der Waals surface area contributed by atoms with E-state index in [1.54, 1.807) is 47.1 Å². The van der Waals surface area contributed by atoms with Crippen LogP contribution in [0.5, 0.6) is 0 Å². The van der Waals surface area contributed by atoms with Crippen LogP contribution in [0.25, 0.3) is 21.7 Å². The van der Waals surface area contributed by atoms with Crippen LogP contribution in [0.15, 0.2) is 85.5 Å². The molecule has 290 valence electrons. The van der Waals surface area contributed by atoms with Crippen LogP contribution in [0.3, 0.4) is 0 Å². The number of nitrogens with zero attached hydrogens (tertiary/aromatic N) is 3. The van der Waals surface area contributed by atoms with E-state index in [0.29, 0.717) is 24.7 Å². The molecule has 4 amide bonds. The maximum atomic E-state index is 14.1. The number of H-pyrrole nitrogens is 1. The molecule has 1 fully saturated rings. The van der Waals surface area contributed by atoms with Gasteiger partial charge in [0.15, 0.2) is 5.82 Å². The third-order valence-electron chi connectivity index (χ3n) is 10.2. The van der Waals surface area contributed by atoms with Crippen LogP contribution in [-0.4, -0.2) is 74.0 Å². The van der Waals surface area contributed by atoms with Gasteiger partial charge in [-0.1, -0.05) is 67.6 Å². The Labute approximate surface area is 322 Å². The van der Waals surface area contributed by atoms with Crippen molar-refractivity contribution in [3.05, 3.63) is 96.6 Å². The minimum absolute atomic E-state index is 0.00268. The fourth-order valence-electron chi connectivity index (χ4n) is 7.04. The van der Waals surface area contributed by atoms with Crippen molar-refractivity contribution in [1.82, 2.24) is 30.1 Å². The molecule has 12 heteroatoms. The molecule has 55 heavy (non-hydrogen) atoms. The van der Waals surface area contributed by atoms with Crippen molar-refractivity contribution in [2.24, 2.45) is 11.8 Å². The molecule has 2 atom stereocenters. The van der Waals surface area contributed by atoms with Gasteiger partial charge in [-0.2, -0.15) is 0 Å². The molecule has 4 N–H and O–H groups in total. The van der Waals surface area contributed by atoms with Gasteiger partial charge in [0.05, 0.1) is 18.2 Å². The Morgan fingerprint density at radius 2 is 1.65 bits per heavy atom. The quantitative estimate of drug-likeness (QED) is 0.111. The highest BCUT2D eigenvalue weighted by Gasteiger charge is 2.33. The van der Waals surface area contributed by atoms with E-state index in [1.165, 1.54) is 0 Å². The predicted molar refractivity (Wildman–Crippen MR) is 214 cm³/mol. The average Bonchev–Trinajstić information content (AvgIpc) is 3.77. The van der Waals surface area contributed by atoms with Gasteiger partial charge in [-0.25, -0.2) is 9.78 Å². The van der Waals surface area contributed by atoms with Crippen LogP contribution in [0.4, 0.5) is 10.6 Å². The van der Waals surface area contributed by atoms with Crippen molar-refractivity contribution in [3.8, 4) is 0 Å². The number of nitrogens with one attached hydrogen (secondary N) is 4. The largest absolute Gasteiger partial charge is 0.444 e. The number of ether oxygens (including phenoxy) is 1. The fourth-order valence-corrected chi connectivity index (χ4v) is 7.04. The summed E-state index contributed by atoms with van der Waals surface area (Å²) in [6.45, 7) is 12.4. The summed E-state index contributed by atoms with van der Waals surface area (Å²) in [7, 11) is 0. The topological polar surface area (TPSA) is 150 Å². The van der Waals surface area contributed by atoms with E-state index in [2.05, 4.69) is 57.1 Å². The maximum Gasteiger partial charge on any atom is 0.408 e. The zero-order valence-corrected chi connectivity index (χ0v) is 32.6. The van der Waals surface area contributed by atoms with Crippen LogP contribution < -0.4 is 16.0 Å². The van der Waals surface area contributed by atoms with Gasteiger partial charge in [0, 0.05) is 49.5 Å². The number of imidazole rings is 1. The van der Waals surface area contributed by atoms with Crippen molar-refractivity contribution in [2.75, 3.05) is 25.0 Å². The highest BCUT2D eigenvalue weighted by Crippen LogP contribution is 2.28. The molecule has 2 unspecified atom stereocenters. The minimum Gasteiger partial charge on any atom is -0.444 e. The van der Waals surface area contributed by atoms with E-state index in [1.807, 2.05) is 58.1 Å². The number of rotatable bonds is 12. The summed E-state index contributed by atoms with van der Waals surface area (Å²) in [5.74, 6) is -0.928. The Kier molecular flexibility index (Phi) is 11.6. The Balaban J connectivity index is 1.19. The summed E-state index contributed by atoms with van der Waals surface area (Å²) in [5.41, 5.74) is 0.752. The molecule has 0 saturated carbocycles. The first-order valence-electron chi connectivity index (χ1n) is 19.1. The average molecular weight is 748 g/mol. The summed E-state index contributed by atoms with van der Waals surface area (Å²) in [6.07, 6.45) is 6.83. The number of hydrogen-bond acceptors (Lipinski definition) is 6. The lowest BCUT2D eigenvalue weighted by molar-refractivity contribution is -0.134. The van der Waals surface area contributed by atoms with Crippen LogP contribution in [-0.2, 0) is 32.1 Å². The summed E-state index contributed by atoms with van der Waals surface area (Å²) in [5, 5.41) is 11.6. The first-order chi connectivity index (χ1) is 26.1. The van der Waals surface area contributed by atoms with Crippen LogP contribution in [0, 0.1) is 11.8 Å². The molecule has 0 spiro atoms. The van der Waals surface area contributed by atoms with Crippen molar-refractivity contribution < 1.29 is 23.9 Å². The second kappa shape index (κ2) is 16.4. The number of benzene rings is 3. The van der Waals surface area contributed by atoms with Gasteiger partial charge in [0.1, 0.15) is 11.1 Å². The van der Waals surface area contributed by atoms with Crippen LogP contribution >= 0.6 is 0 Å². The monoisotopic (exact) mass is 747 g/mol. The van der Waals surface area contributed by atoms with Crippen LogP contribution in [0.2, 0.25) is 0 Å². The van der Waals surface area contributed by atoms with E-state index in [0.717, 1.165) is 58.7 Å². The molecular weight excluding hydrogens is 695 g/mol. The van der Waals surface area contributed by atoms with Gasteiger partial charge in [-0.05, 0) is 87.8 Å². The number of aromatic amines is 1. The molecule has 2 aromatic heterocycles. The number of aromatic nitrogens is 3. The number of carbonyl (C=O) groups excluding carboxylic acids is 4. The first kappa shape index (κ1) is 39.1. The number of anilines is 1. The molecular formula is C43H53N7O5. The molecule has 3 heterocycles. The van der Waals surface area contributed by atoms with Gasteiger partial charge in [-0.15, -0.1) is 0 Å². The standard InChI is InChI=1S/C43H53N7O5/c1-28-17-19-50(20-18-28)39(52)35(31-16-15-29-11-7-8-12-30(29)21-31)25-49-26-37(46-27-49)47-38(51)33(22-32-23-44-36-14-10-9-13-34(32)36)24-45-40(53)43(5,6)48-41(54)55-42(2,3)4/h7-16,21,23,26-28,33,35,44H,17-20,22,24-25H2,1-6H3,(H,45,53)(H,47,51)(H,48,54). The Morgan fingerprint density at radius 1 is 0.945 bits per heavy atom. The van der Waals surface area contributed by atoms with E-state index in [-0.39, 0.29) is 18.4 Å². The molecule has 0 radical (unpaired) electrons. The lowest BCUT2D eigenvalue weighted by atomic mass is 9.92. The van der Waals surface area contributed by atoms with Gasteiger partial charge in [-0.3, -0.25) is 14.4 Å². The first-order valence-corrected chi connectivity index (χ1v) is 19.1.